The van der Waals surface area contributed by atoms with E-state index in [0.29, 0.717) is 17.1 Å². The Hall–Kier alpha value is -2.44. The van der Waals surface area contributed by atoms with Crippen LogP contribution >= 0.6 is 0 Å². The molecule has 1 fully saturated rings. The van der Waals surface area contributed by atoms with Crippen LogP contribution in [0, 0.1) is 6.92 Å². The number of H-pyrrole nitrogens is 1. The van der Waals surface area contributed by atoms with Crippen molar-refractivity contribution < 1.29 is 9.53 Å². The first-order chi connectivity index (χ1) is 10.2. The van der Waals surface area contributed by atoms with E-state index < -0.39 is 0 Å². The van der Waals surface area contributed by atoms with Gasteiger partial charge < -0.3 is 10.1 Å². The Morgan fingerprint density at radius 2 is 2.24 bits per heavy atom. The zero-order valence-corrected chi connectivity index (χ0v) is 11.7. The van der Waals surface area contributed by atoms with Gasteiger partial charge in [0.05, 0.1) is 24.1 Å². The lowest BCUT2D eigenvalue weighted by molar-refractivity contribution is 0.0888. The largest absolute Gasteiger partial charge is 0.485 e. The van der Waals surface area contributed by atoms with Crippen LogP contribution in [-0.4, -0.2) is 38.2 Å². The molecule has 2 atom stereocenters. The van der Waals surface area contributed by atoms with E-state index in [-0.39, 0.29) is 18.1 Å². The van der Waals surface area contributed by atoms with Crippen LogP contribution in [0.3, 0.4) is 0 Å². The second kappa shape index (κ2) is 5.90. The molecule has 0 radical (unpaired) electrons. The number of nitrogens with one attached hydrogen (secondary N) is 2. The summed E-state index contributed by atoms with van der Waals surface area (Å²) in [5.41, 5.74) is 0.992. The van der Waals surface area contributed by atoms with Crippen molar-refractivity contribution in [2.75, 3.05) is 0 Å². The Bertz CT molecular complexity index is 614. The minimum atomic E-state index is -0.201. The standard InChI is InChI=1S/C14H17N5O2/c1-9-13(16-6-5-15-9)14(20)19-11-3-2-4-12(11)21-10-7-17-18-8-10/h5-8,11-12H,2-4H2,1H3,(H,17,18)(H,19,20)/t11-,12+/m0/s1. The maximum Gasteiger partial charge on any atom is 0.272 e. The fourth-order valence-corrected chi connectivity index (χ4v) is 2.58. The lowest BCUT2D eigenvalue weighted by atomic mass is 10.2. The van der Waals surface area contributed by atoms with E-state index in [0.717, 1.165) is 19.3 Å². The van der Waals surface area contributed by atoms with Crippen LogP contribution in [0.1, 0.15) is 35.4 Å². The smallest absolute Gasteiger partial charge is 0.272 e. The molecular weight excluding hydrogens is 270 g/mol. The summed E-state index contributed by atoms with van der Waals surface area (Å²) >= 11 is 0. The lowest BCUT2D eigenvalue weighted by Crippen LogP contribution is -2.43. The second-order valence-corrected chi connectivity index (χ2v) is 5.09. The monoisotopic (exact) mass is 287 g/mol. The fourth-order valence-electron chi connectivity index (χ4n) is 2.58. The molecule has 7 heteroatoms. The highest BCUT2D eigenvalue weighted by molar-refractivity contribution is 5.93. The van der Waals surface area contributed by atoms with Crippen LogP contribution in [0.5, 0.6) is 5.75 Å². The van der Waals surface area contributed by atoms with Crippen molar-refractivity contribution in [3.8, 4) is 5.75 Å². The van der Waals surface area contributed by atoms with Crippen LogP contribution in [0.4, 0.5) is 0 Å². The van der Waals surface area contributed by atoms with E-state index in [4.69, 9.17) is 4.74 Å². The minimum absolute atomic E-state index is 0.0196. The van der Waals surface area contributed by atoms with Crippen molar-refractivity contribution in [3.63, 3.8) is 0 Å². The molecule has 1 amide bonds. The van der Waals surface area contributed by atoms with Gasteiger partial charge in [0.2, 0.25) is 0 Å². The van der Waals surface area contributed by atoms with Crippen molar-refractivity contribution >= 4 is 5.91 Å². The van der Waals surface area contributed by atoms with E-state index in [1.54, 1.807) is 25.5 Å². The number of aromatic nitrogens is 4. The van der Waals surface area contributed by atoms with Gasteiger partial charge in [0.15, 0.2) is 5.75 Å². The summed E-state index contributed by atoms with van der Waals surface area (Å²) < 4.78 is 5.85. The third-order valence-corrected chi connectivity index (χ3v) is 3.63. The number of hydrogen-bond donors (Lipinski definition) is 2. The van der Waals surface area contributed by atoms with Crippen LogP contribution < -0.4 is 10.1 Å². The van der Waals surface area contributed by atoms with Crippen molar-refractivity contribution in [2.24, 2.45) is 0 Å². The Kier molecular flexibility index (Phi) is 3.81. The van der Waals surface area contributed by atoms with Gasteiger partial charge in [-0.3, -0.25) is 14.9 Å². The van der Waals surface area contributed by atoms with Gasteiger partial charge in [-0.15, -0.1) is 0 Å². The maximum absolute atomic E-state index is 12.3. The number of hydrogen-bond acceptors (Lipinski definition) is 5. The molecule has 2 heterocycles. The van der Waals surface area contributed by atoms with Crippen molar-refractivity contribution in [1.29, 1.82) is 0 Å². The molecular formula is C14H17N5O2. The molecule has 3 rings (SSSR count). The summed E-state index contributed by atoms with van der Waals surface area (Å²) in [5, 5.41) is 9.57. The topological polar surface area (TPSA) is 92.8 Å². The highest BCUT2D eigenvalue weighted by Crippen LogP contribution is 2.24. The van der Waals surface area contributed by atoms with E-state index in [1.165, 1.54) is 6.20 Å². The Morgan fingerprint density at radius 1 is 1.38 bits per heavy atom. The Balaban J connectivity index is 1.66. The summed E-state index contributed by atoms with van der Waals surface area (Å²) in [6.07, 6.45) is 9.22. The lowest BCUT2D eigenvalue weighted by Gasteiger charge is -2.21. The number of aryl methyl sites for hydroxylation is 1. The molecule has 2 aromatic rings. The van der Waals surface area contributed by atoms with E-state index >= 15 is 0 Å². The molecule has 0 aliphatic heterocycles. The molecule has 0 aromatic carbocycles. The highest BCUT2D eigenvalue weighted by Gasteiger charge is 2.31. The van der Waals surface area contributed by atoms with Crippen LogP contribution in [0.15, 0.2) is 24.8 Å². The van der Waals surface area contributed by atoms with Crippen LogP contribution in [0.25, 0.3) is 0 Å². The molecule has 2 aromatic heterocycles. The van der Waals surface area contributed by atoms with Gasteiger partial charge in [0, 0.05) is 12.4 Å². The fraction of sp³-hybridized carbons (Fsp3) is 0.429. The molecule has 0 bridgehead atoms. The molecule has 110 valence electrons. The molecule has 0 spiro atoms. The number of aromatic amines is 1. The highest BCUT2D eigenvalue weighted by atomic mass is 16.5. The van der Waals surface area contributed by atoms with Crippen molar-refractivity contribution in [3.05, 3.63) is 36.2 Å². The van der Waals surface area contributed by atoms with E-state index in [2.05, 4.69) is 25.5 Å². The average molecular weight is 287 g/mol. The second-order valence-electron chi connectivity index (χ2n) is 5.09. The normalized spacial score (nSPS) is 21.2. The van der Waals surface area contributed by atoms with Gasteiger partial charge in [-0.25, -0.2) is 4.98 Å². The third kappa shape index (κ3) is 3.01. The van der Waals surface area contributed by atoms with E-state index in [1.807, 2.05) is 0 Å². The first-order valence-corrected chi connectivity index (χ1v) is 6.98. The van der Waals surface area contributed by atoms with Gasteiger partial charge in [-0.1, -0.05) is 0 Å². The minimum Gasteiger partial charge on any atom is -0.485 e. The van der Waals surface area contributed by atoms with Gasteiger partial charge in [0.1, 0.15) is 11.8 Å². The first-order valence-electron chi connectivity index (χ1n) is 6.98. The summed E-state index contributed by atoms with van der Waals surface area (Å²) in [5.74, 6) is 0.491. The SMILES string of the molecule is Cc1nccnc1C(=O)N[C@H]1CCC[C@H]1Oc1cn[nH]c1. The van der Waals surface area contributed by atoms with Crippen molar-refractivity contribution in [1.82, 2.24) is 25.5 Å². The first kappa shape index (κ1) is 13.5. The summed E-state index contributed by atoms with van der Waals surface area (Å²) in [7, 11) is 0. The Labute approximate surface area is 122 Å². The third-order valence-electron chi connectivity index (χ3n) is 3.63. The molecule has 21 heavy (non-hydrogen) atoms. The number of rotatable bonds is 4. The summed E-state index contributed by atoms with van der Waals surface area (Å²) in [6, 6.07) is -0.0196. The summed E-state index contributed by atoms with van der Waals surface area (Å²) in [6.45, 7) is 1.77. The average Bonchev–Trinajstić information content (AvgIpc) is 3.12. The van der Waals surface area contributed by atoms with Gasteiger partial charge in [0.25, 0.3) is 5.91 Å². The number of nitrogens with zero attached hydrogens (tertiary/aromatic N) is 3. The van der Waals surface area contributed by atoms with Gasteiger partial charge >= 0.3 is 0 Å². The summed E-state index contributed by atoms with van der Waals surface area (Å²) in [4.78, 5) is 20.5. The maximum atomic E-state index is 12.3. The number of carbonyl (C=O) groups excluding carboxylic acids is 1. The predicted molar refractivity (Wildman–Crippen MR) is 74.9 cm³/mol. The van der Waals surface area contributed by atoms with E-state index in [9.17, 15) is 4.79 Å². The predicted octanol–water partition coefficient (Wildman–Crippen LogP) is 1.24. The number of carbonyl (C=O) groups is 1. The number of amides is 1. The molecule has 0 unspecified atom stereocenters. The quantitative estimate of drug-likeness (QED) is 0.882. The molecule has 7 nitrogen and oxygen atoms in total. The van der Waals surface area contributed by atoms with Gasteiger partial charge in [-0.05, 0) is 26.2 Å². The molecule has 1 aliphatic rings. The molecule has 1 saturated carbocycles. The van der Waals surface area contributed by atoms with Crippen LogP contribution in [-0.2, 0) is 0 Å². The molecule has 1 aliphatic carbocycles. The van der Waals surface area contributed by atoms with Crippen LogP contribution in [0.2, 0.25) is 0 Å². The number of ether oxygens (including phenoxy) is 1. The zero-order valence-electron chi connectivity index (χ0n) is 11.7. The zero-order chi connectivity index (χ0) is 14.7. The molecule has 2 N–H and O–H groups in total. The van der Waals surface area contributed by atoms with Gasteiger partial charge in [-0.2, -0.15) is 5.10 Å². The molecule has 0 saturated heterocycles. The van der Waals surface area contributed by atoms with Crippen molar-refractivity contribution in [2.45, 2.75) is 38.3 Å². The Morgan fingerprint density at radius 3 is 3.00 bits per heavy atom.